The van der Waals surface area contributed by atoms with Crippen LogP contribution >= 0.6 is 0 Å². The fraction of sp³-hybridized carbons (Fsp3) is 0.680. The molecule has 0 nitrogen and oxygen atoms in total. The summed E-state index contributed by atoms with van der Waals surface area (Å²) in [5.41, 5.74) is 0.988. The Kier molecular flexibility index (Phi) is 7.91. The number of unbranched alkanes of at least 4 members (excludes halogenated alkanes) is 1. The summed E-state index contributed by atoms with van der Waals surface area (Å²) in [6.07, 6.45) is 20.4. The molecule has 150 valence electrons. The van der Waals surface area contributed by atoms with Crippen LogP contribution in [0.3, 0.4) is 0 Å². The molecule has 0 N–H and O–H groups in total. The predicted molar refractivity (Wildman–Crippen MR) is 110 cm³/mol. The van der Waals surface area contributed by atoms with Crippen molar-refractivity contribution in [3.05, 3.63) is 47.5 Å². The van der Waals surface area contributed by atoms with Gasteiger partial charge in [-0.2, -0.15) is 0 Å². The molecule has 2 heteroatoms. The largest absolute Gasteiger partial charge is 0.204 e. The summed E-state index contributed by atoms with van der Waals surface area (Å²) in [5.74, 6) is 1.59. The van der Waals surface area contributed by atoms with Crippen LogP contribution in [-0.2, 0) is 0 Å². The van der Waals surface area contributed by atoms with Crippen molar-refractivity contribution in [2.45, 2.75) is 89.9 Å². The fourth-order valence-electron chi connectivity index (χ4n) is 5.15. The van der Waals surface area contributed by atoms with Gasteiger partial charge in [0.05, 0.1) is 0 Å². The highest BCUT2D eigenvalue weighted by atomic mass is 19.2. The van der Waals surface area contributed by atoms with E-state index in [0.717, 1.165) is 36.2 Å². The monoisotopic (exact) mass is 374 g/mol. The molecular weight excluding hydrogens is 338 g/mol. The summed E-state index contributed by atoms with van der Waals surface area (Å²) in [6.45, 7) is 2.24. The highest BCUT2D eigenvalue weighted by Crippen LogP contribution is 2.40. The summed E-state index contributed by atoms with van der Waals surface area (Å²) in [4.78, 5) is 0. The first-order valence-corrected chi connectivity index (χ1v) is 11.3. The minimum Gasteiger partial charge on any atom is -0.204 e. The Bertz CT molecular complexity index is 590. The molecule has 3 rings (SSSR count). The predicted octanol–water partition coefficient (Wildman–Crippen LogP) is 8.18. The summed E-state index contributed by atoms with van der Waals surface area (Å²) in [7, 11) is 0. The Balaban J connectivity index is 1.35. The van der Waals surface area contributed by atoms with Gasteiger partial charge in [-0.1, -0.05) is 44.4 Å². The number of allylic oxidation sites excluding steroid dienone is 2. The van der Waals surface area contributed by atoms with Crippen LogP contribution in [0.1, 0.15) is 95.5 Å². The minimum atomic E-state index is -0.733. The molecule has 1 aromatic rings. The van der Waals surface area contributed by atoms with E-state index in [1.54, 1.807) is 6.07 Å². The van der Waals surface area contributed by atoms with E-state index in [4.69, 9.17) is 0 Å². The fourth-order valence-corrected chi connectivity index (χ4v) is 5.15. The van der Waals surface area contributed by atoms with Crippen LogP contribution in [0, 0.1) is 29.4 Å². The second-order valence-corrected chi connectivity index (χ2v) is 8.97. The molecule has 0 bridgehead atoms. The molecule has 2 aliphatic rings. The van der Waals surface area contributed by atoms with Crippen molar-refractivity contribution in [2.75, 3.05) is 0 Å². The van der Waals surface area contributed by atoms with Gasteiger partial charge in [-0.25, -0.2) is 8.78 Å². The average molecular weight is 375 g/mol. The highest BCUT2D eigenvalue weighted by Gasteiger charge is 2.25. The second-order valence-electron chi connectivity index (χ2n) is 8.97. The van der Waals surface area contributed by atoms with E-state index in [-0.39, 0.29) is 0 Å². The first-order chi connectivity index (χ1) is 13.2. The second kappa shape index (κ2) is 10.4. The first-order valence-electron chi connectivity index (χ1n) is 11.3. The number of benzene rings is 1. The standard InChI is InChI=1S/C25H36F2/c1-2-3-4-5-19-6-8-20(9-7-19)10-11-21-12-14-22(15-13-21)23-16-17-24(26)25(27)18-23/h4-5,16-22H,2-3,6-15H2,1H3/b5-4+/t19-,20-,21-,22-. The van der Waals surface area contributed by atoms with Crippen LogP contribution in [0.25, 0.3) is 0 Å². The molecule has 2 fully saturated rings. The normalized spacial score (nSPS) is 29.3. The van der Waals surface area contributed by atoms with Crippen molar-refractivity contribution in [1.82, 2.24) is 0 Å². The third kappa shape index (κ3) is 6.16. The van der Waals surface area contributed by atoms with Crippen molar-refractivity contribution >= 4 is 0 Å². The van der Waals surface area contributed by atoms with E-state index in [2.05, 4.69) is 19.1 Å². The minimum absolute atomic E-state index is 0.418. The number of rotatable bonds is 7. The Labute approximate surface area is 164 Å². The van der Waals surface area contributed by atoms with E-state index >= 15 is 0 Å². The molecule has 0 aliphatic heterocycles. The van der Waals surface area contributed by atoms with Crippen LogP contribution in [0.5, 0.6) is 0 Å². The summed E-state index contributed by atoms with van der Waals surface area (Å²) in [6, 6.07) is 4.47. The molecule has 0 heterocycles. The molecular formula is C25H36F2. The van der Waals surface area contributed by atoms with E-state index < -0.39 is 11.6 Å². The SMILES string of the molecule is CCC/C=C/[C@H]1CC[C@H](CC[C@H]2CC[C@H](c3ccc(F)c(F)c3)CC2)CC1. The van der Waals surface area contributed by atoms with Crippen LogP contribution in [-0.4, -0.2) is 0 Å². The third-order valence-corrected chi connectivity index (χ3v) is 7.00. The molecule has 0 unspecified atom stereocenters. The molecule has 2 saturated carbocycles. The lowest BCUT2D eigenvalue weighted by Gasteiger charge is -2.31. The molecule has 0 spiro atoms. The number of hydrogen-bond donors (Lipinski definition) is 0. The van der Waals surface area contributed by atoms with Crippen LogP contribution < -0.4 is 0 Å². The topological polar surface area (TPSA) is 0 Å². The maximum Gasteiger partial charge on any atom is 0.159 e. The van der Waals surface area contributed by atoms with Gasteiger partial charge in [0.2, 0.25) is 0 Å². The molecule has 0 aromatic heterocycles. The molecule has 27 heavy (non-hydrogen) atoms. The maximum atomic E-state index is 13.5. The first kappa shape index (κ1) is 20.6. The highest BCUT2D eigenvalue weighted by molar-refractivity contribution is 5.22. The smallest absolute Gasteiger partial charge is 0.159 e. The Hall–Kier alpha value is -1.18. The van der Waals surface area contributed by atoms with Gasteiger partial charge in [0.15, 0.2) is 11.6 Å². The zero-order chi connectivity index (χ0) is 19.1. The lowest BCUT2D eigenvalue weighted by atomic mass is 9.74. The van der Waals surface area contributed by atoms with E-state index in [1.807, 2.05) is 0 Å². The van der Waals surface area contributed by atoms with Gasteiger partial charge < -0.3 is 0 Å². The van der Waals surface area contributed by atoms with E-state index in [1.165, 1.54) is 76.3 Å². The molecule has 0 radical (unpaired) electrons. The Morgan fingerprint density at radius 2 is 1.48 bits per heavy atom. The van der Waals surface area contributed by atoms with Crippen molar-refractivity contribution in [3.8, 4) is 0 Å². The van der Waals surface area contributed by atoms with Gasteiger partial charge in [-0.15, -0.1) is 0 Å². The molecule has 0 atom stereocenters. The average Bonchev–Trinajstić information content (AvgIpc) is 2.70. The zero-order valence-corrected chi connectivity index (χ0v) is 16.9. The quantitative estimate of drug-likeness (QED) is 0.422. The van der Waals surface area contributed by atoms with Gasteiger partial charge >= 0.3 is 0 Å². The number of halogens is 2. The van der Waals surface area contributed by atoms with Gasteiger partial charge in [-0.05, 0) is 99.2 Å². The van der Waals surface area contributed by atoms with E-state index in [9.17, 15) is 8.78 Å². The van der Waals surface area contributed by atoms with Crippen molar-refractivity contribution in [3.63, 3.8) is 0 Å². The lowest BCUT2D eigenvalue weighted by Crippen LogP contribution is -2.17. The maximum absolute atomic E-state index is 13.5. The van der Waals surface area contributed by atoms with Gasteiger partial charge in [0.25, 0.3) is 0 Å². The zero-order valence-electron chi connectivity index (χ0n) is 16.9. The Morgan fingerprint density at radius 1 is 0.852 bits per heavy atom. The van der Waals surface area contributed by atoms with Crippen molar-refractivity contribution in [2.24, 2.45) is 17.8 Å². The number of hydrogen-bond acceptors (Lipinski definition) is 0. The molecule has 0 saturated heterocycles. The lowest BCUT2D eigenvalue weighted by molar-refractivity contribution is 0.246. The van der Waals surface area contributed by atoms with Gasteiger partial charge in [-0.3, -0.25) is 0 Å². The summed E-state index contributed by atoms with van der Waals surface area (Å²) in [5, 5.41) is 0. The molecule has 1 aromatic carbocycles. The third-order valence-electron chi connectivity index (χ3n) is 7.00. The molecule has 2 aliphatic carbocycles. The van der Waals surface area contributed by atoms with Crippen LogP contribution in [0.4, 0.5) is 8.78 Å². The van der Waals surface area contributed by atoms with Crippen LogP contribution in [0.2, 0.25) is 0 Å². The van der Waals surface area contributed by atoms with Crippen molar-refractivity contribution in [1.29, 1.82) is 0 Å². The van der Waals surface area contributed by atoms with E-state index in [0.29, 0.717) is 5.92 Å². The van der Waals surface area contributed by atoms with Crippen molar-refractivity contribution < 1.29 is 8.78 Å². The Morgan fingerprint density at radius 3 is 2.07 bits per heavy atom. The van der Waals surface area contributed by atoms with Gasteiger partial charge in [0.1, 0.15) is 0 Å². The van der Waals surface area contributed by atoms with Gasteiger partial charge in [0, 0.05) is 0 Å². The summed E-state index contributed by atoms with van der Waals surface area (Å²) < 4.78 is 26.6. The van der Waals surface area contributed by atoms with Crippen LogP contribution in [0.15, 0.2) is 30.4 Å². The molecule has 0 amide bonds. The summed E-state index contributed by atoms with van der Waals surface area (Å²) >= 11 is 0.